The molecule has 0 spiro atoms. The summed E-state index contributed by atoms with van der Waals surface area (Å²) in [5.41, 5.74) is 2.32. The Bertz CT molecular complexity index is 662. The SMILES string of the molecule is CCOc1ccc(-c2ccc(C)c(=O)n2C)c(Cl)c1. The van der Waals surface area contributed by atoms with E-state index in [9.17, 15) is 4.79 Å². The summed E-state index contributed by atoms with van der Waals surface area (Å²) in [5, 5.41) is 0.574. The lowest BCUT2D eigenvalue weighted by molar-refractivity contribution is 0.340. The molecular formula is C15H16ClNO2. The molecule has 0 aliphatic rings. The van der Waals surface area contributed by atoms with E-state index in [0.29, 0.717) is 17.2 Å². The summed E-state index contributed by atoms with van der Waals surface area (Å²) in [5.74, 6) is 0.730. The fourth-order valence-corrected chi connectivity index (χ4v) is 2.26. The first kappa shape index (κ1) is 13.7. The molecule has 2 rings (SSSR count). The zero-order valence-electron chi connectivity index (χ0n) is 11.2. The smallest absolute Gasteiger partial charge is 0.253 e. The van der Waals surface area contributed by atoms with Gasteiger partial charge < -0.3 is 9.30 Å². The lowest BCUT2D eigenvalue weighted by Gasteiger charge is -2.12. The fraction of sp³-hybridized carbons (Fsp3) is 0.267. The van der Waals surface area contributed by atoms with Crippen molar-refractivity contribution in [2.75, 3.05) is 6.61 Å². The second-order valence-electron chi connectivity index (χ2n) is 4.34. The van der Waals surface area contributed by atoms with Crippen LogP contribution < -0.4 is 10.3 Å². The van der Waals surface area contributed by atoms with Crippen LogP contribution in [0.15, 0.2) is 35.1 Å². The molecule has 3 nitrogen and oxygen atoms in total. The average molecular weight is 278 g/mol. The molecule has 4 heteroatoms. The van der Waals surface area contributed by atoms with Crippen LogP contribution in [0.4, 0.5) is 0 Å². The van der Waals surface area contributed by atoms with E-state index >= 15 is 0 Å². The van der Waals surface area contributed by atoms with Gasteiger partial charge in [-0.2, -0.15) is 0 Å². The number of hydrogen-bond acceptors (Lipinski definition) is 2. The molecule has 0 fully saturated rings. The Morgan fingerprint density at radius 3 is 2.63 bits per heavy atom. The number of nitrogens with zero attached hydrogens (tertiary/aromatic N) is 1. The lowest BCUT2D eigenvalue weighted by atomic mass is 10.1. The van der Waals surface area contributed by atoms with Crippen LogP contribution in [-0.4, -0.2) is 11.2 Å². The molecule has 0 N–H and O–H groups in total. The van der Waals surface area contributed by atoms with Gasteiger partial charge in [0, 0.05) is 18.2 Å². The molecule has 0 saturated carbocycles. The van der Waals surface area contributed by atoms with Gasteiger partial charge in [-0.15, -0.1) is 0 Å². The number of rotatable bonds is 3. The van der Waals surface area contributed by atoms with Crippen molar-refractivity contribution in [1.29, 1.82) is 0 Å². The Balaban J connectivity index is 2.54. The lowest BCUT2D eigenvalue weighted by Crippen LogP contribution is -2.20. The molecule has 2 aromatic rings. The first-order valence-corrected chi connectivity index (χ1v) is 6.51. The summed E-state index contributed by atoms with van der Waals surface area (Å²) in [6.45, 7) is 4.32. The minimum Gasteiger partial charge on any atom is -0.494 e. The Morgan fingerprint density at radius 2 is 2.00 bits per heavy atom. The quantitative estimate of drug-likeness (QED) is 0.861. The third-order valence-electron chi connectivity index (χ3n) is 3.02. The number of aromatic nitrogens is 1. The van der Waals surface area contributed by atoms with E-state index in [1.807, 2.05) is 31.2 Å². The van der Waals surface area contributed by atoms with Crippen molar-refractivity contribution in [3.05, 3.63) is 51.3 Å². The van der Waals surface area contributed by atoms with E-state index in [1.165, 1.54) is 0 Å². The van der Waals surface area contributed by atoms with Gasteiger partial charge in [-0.3, -0.25) is 4.79 Å². The van der Waals surface area contributed by atoms with Crippen molar-refractivity contribution in [1.82, 2.24) is 4.57 Å². The Kier molecular flexibility index (Phi) is 3.96. The van der Waals surface area contributed by atoms with Crippen LogP contribution in [0.2, 0.25) is 5.02 Å². The first-order chi connectivity index (χ1) is 9.04. The predicted octanol–water partition coefficient (Wildman–Crippen LogP) is 3.41. The van der Waals surface area contributed by atoms with E-state index < -0.39 is 0 Å². The molecule has 1 aromatic carbocycles. The van der Waals surface area contributed by atoms with Gasteiger partial charge in [0.1, 0.15) is 5.75 Å². The van der Waals surface area contributed by atoms with Crippen molar-refractivity contribution in [2.45, 2.75) is 13.8 Å². The summed E-state index contributed by atoms with van der Waals surface area (Å²) < 4.78 is 7.01. The topological polar surface area (TPSA) is 31.2 Å². The van der Waals surface area contributed by atoms with E-state index in [-0.39, 0.29) is 5.56 Å². The van der Waals surface area contributed by atoms with Gasteiger partial charge in [-0.25, -0.2) is 0 Å². The number of halogens is 1. The number of ether oxygens (including phenoxy) is 1. The zero-order valence-corrected chi connectivity index (χ0v) is 12.0. The number of pyridine rings is 1. The van der Waals surface area contributed by atoms with Gasteiger partial charge in [-0.05, 0) is 38.1 Å². The second kappa shape index (κ2) is 5.49. The molecule has 0 aliphatic carbocycles. The van der Waals surface area contributed by atoms with Crippen LogP contribution in [-0.2, 0) is 7.05 Å². The van der Waals surface area contributed by atoms with Crippen molar-refractivity contribution < 1.29 is 4.74 Å². The highest BCUT2D eigenvalue weighted by Gasteiger charge is 2.09. The van der Waals surface area contributed by atoms with E-state index in [2.05, 4.69) is 0 Å². The van der Waals surface area contributed by atoms with Gasteiger partial charge in [0.2, 0.25) is 0 Å². The molecule has 1 aromatic heterocycles. The molecular weight excluding hydrogens is 262 g/mol. The third-order valence-corrected chi connectivity index (χ3v) is 3.33. The Labute approximate surface area is 117 Å². The minimum atomic E-state index is -0.0116. The van der Waals surface area contributed by atoms with Crippen molar-refractivity contribution >= 4 is 11.6 Å². The normalized spacial score (nSPS) is 10.5. The molecule has 0 aliphatic heterocycles. The molecule has 0 atom stereocenters. The van der Waals surface area contributed by atoms with Gasteiger partial charge in [0.15, 0.2) is 0 Å². The van der Waals surface area contributed by atoms with E-state index in [0.717, 1.165) is 17.0 Å². The largest absolute Gasteiger partial charge is 0.494 e. The van der Waals surface area contributed by atoms with Gasteiger partial charge >= 0.3 is 0 Å². The first-order valence-electron chi connectivity index (χ1n) is 6.14. The summed E-state index contributed by atoms with van der Waals surface area (Å²) >= 11 is 6.27. The minimum absolute atomic E-state index is 0.0116. The summed E-state index contributed by atoms with van der Waals surface area (Å²) in [6.07, 6.45) is 0. The number of benzene rings is 1. The molecule has 19 heavy (non-hydrogen) atoms. The highest BCUT2D eigenvalue weighted by Crippen LogP contribution is 2.30. The summed E-state index contributed by atoms with van der Waals surface area (Å²) in [6, 6.07) is 9.21. The third kappa shape index (κ3) is 2.66. The molecule has 0 saturated heterocycles. The molecule has 0 unspecified atom stereocenters. The maximum absolute atomic E-state index is 11.9. The standard InChI is InChI=1S/C15H16ClNO2/c1-4-19-11-6-7-12(13(16)9-11)14-8-5-10(2)15(18)17(14)3/h5-9H,4H2,1-3H3. The maximum atomic E-state index is 11.9. The van der Waals surface area contributed by atoms with Gasteiger partial charge in [0.25, 0.3) is 5.56 Å². The van der Waals surface area contributed by atoms with Crippen LogP contribution >= 0.6 is 11.6 Å². The monoisotopic (exact) mass is 277 g/mol. The highest BCUT2D eigenvalue weighted by atomic mass is 35.5. The van der Waals surface area contributed by atoms with Crippen molar-refractivity contribution in [3.63, 3.8) is 0 Å². The number of aryl methyl sites for hydroxylation is 1. The number of hydrogen-bond donors (Lipinski definition) is 0. The molecule has 0 bridgehead atoms. The summed E-state index contributed by atoms with van der Waals surface area (Å²) in [4.78, 5) is 11.9. The Morgan fingerprint density at radius 1 is 1.26 bits per heavy atom. The molecule has 0 radical (unpaired) electrons. The van der Waals surface area contributed by atoms with Crippen LogP contribution in [0, 0.1) is 6.92 Å². The predicted molar refractivity (Wildman–Crippen MR) is 78.0 cm³/mol. The van der Waals surface area contributed by atoms with Crippen molar-refractivity contribution in [3.8, 4) is 17.0 Å². The van der Waals surface area contributed by atoms with Crippen LogP contribution in [0.5, 0.6) is 5.75 Å². The highest BCUT2D eigenvalue weighted by molar-refractivity contribution is 6.33. The second-order valence-corrected chi connectivity index (χ2v) is 4.75. The molecule has 100 valence electrons. The molecule has 0 amide bonds. The van der Waals surface area contributed by atoms with Gasteiger partial charge in [-0.1, -0.05) is 17.7 Å². The van der Waals surface area contributed by atoms with Crippen LogP contribution in [0.25, 0.3) is 11.3 Å². The van der Waals surface area contributed by atoms with E-state index in [1.54, 1.807) is 24.6 Å². The fourth-order valence-electron chi connectivity index (χ4n) is 1.99. The van der Waals surface area contributed by atoms with Crippen LogP contribution in [0.3, 0.4) is 0 Å². The summed E-state index contributed by atoms with van der Waals surface area (Å²) in [7, 11) is 1.75. The Hall–Kier alpha value is -1.74. The average Bonchev–Trinajstić information content (AvgIpc) is 2.38. The zero-order chi connectivity index (χ0) is 14.0. The van der Waals surface area contributed by atoms with Crippen LogP contribution in [0.1, 0.15) is 12.5 Å². The molecule has 1 heterocycles. The van der Waals surface area contributed by atoms with E-state index in [4.69, 9.17) is 16.3 Å². The van der Waals surface area contributed by atoms with Gasteiger partial charge in [0.05, 0.1) is 17.3 Å². The maximum Gasteiger partial charge on any atom is 0.253 e. The van der Waals surface area contributed by atoms with Crippen molar-refractivity contribution in [2.24, 2.45) is 7.05 Å².